The number of nitrogens with one attached hydrogen (secondary N) is 1. The minimum absolute atomic E-state index is 0.112. The van der Waals surface area contributed by atoms with Crippen molar-refractivity contribution in [2.75, 3.05) is 25.1 Å². The number of aromatic nitrogens is 2. The Morgan fingerprint density at radius 2 is 2.19 bits per heavy atom. The number of benzene rings is 1. The summed E-state index contributed by atoms with van der Waals surface area (Å²) in [5.41, 5.74) is 7.62. The van der Waals surface area contributed by atoms with E-state index in [9.17, 15) is 4.79 Å². The van der Waals surface area contributed by atoms with Crippen molar-refractivity contribution in [3.8, 4) is 5.75 Å². The van der Waals surface area contributed by atoms with E-state index in [2.05, 4.69) is 10.2 Å². The van der Waals surface area contributed by atoms with Crippen LogP contribution in [0.1, 0.15) is 22.5 Å². The van der Waals surface area contributed by atoms with Crippen molar-refractivity contribution >= 4 is 11.6 Å². The molecule has 0 saturated heterocycles. The molecule has 0 aliphatic heterocycles. The number of carbonyl (C=O) groups excluding carboxylic acids is 1. The lowest BCUT2D eigenvalue weighted by Gasteiger charge is -2.24. The number of anilines is 1. The van der Waals surface area contributed by atoms with Gasteiger partial charge in [0.25, 0.3) is 5.91 Å². The molecule has 0 fully saturated rings. The summed E-state index contributed by atoms with van der Waals surface area (Å²) >= 11 is 0. The van der Waals surface area contributed by atoms with Crippen molar-refractivity contribution in [1.82, 2.24) is 10.2 Å². The van der Waals surface area contributed by atoms with E-state index in [1.165, 1.54) is 0 Å². The summed E-state index contributed by atoms with van der Waals surface area (Å²) in [6.45, 7) is 2.87. The van der Waals surface area contributed by atoms with Crippen LogP contribution < -0.4 is 15.4 Å². The van der Waals surface area contributed by atoms with Gasteiger partial charge in [-0.2, -0.15) is 5.10 Å². The summed E-state index contributed by atoms with van der Waals surface area (Å²) in [4.78, 5) is 14.5. The van der Waals surface area contributed by atoms with Crippen LogP contribution in [0.5, 0.6) is 5.75 Å². The number of carbonyl (C=O) groups is 1. The average Bonchev–Trinajstić information content (AvgIpc) is 2.94. The van der Waals surface area contributed by atoms with Crippen LogP contribution in [0.4, 0.5) is 5.69 Å². The Hall–Kier alpha value is -2.34. The molecule has 1 aromatic carbocycles. The predicted octanol–water partition coefficient (Wildman–Crippen LogP) is 1.72. The number of H-pyrrole nitrogens is 1. The van der Waals surface area contributed by atoms with Crippen LogP contribution in [0, 0.1) is 6.92 Å². The minimum Gasteiger partial charge on any atom is -0.495 e. The van der Waals surface area contributed by atoms with E-state index in [1.54, 1.807) is 18.2 Å². The second kappa shape index (κ2) is 6.90. The molecule has 0 atom stereocenters. The zero-order chi connectivity index (χ0) is 15.2. The minimum atomic E-state index is -0.112. The summed E-state index contributed by atoms with van der Waals surface area (Å²) in [5, 5.41) is 6.70. The number of ether oxygens (including phenoxy) is 1. The third-order valence-electron chi connectivity index (χ3n) is 3.27. The summed E-state index contributed by atoms with van der Waals surface area (Å²) < 4.78 is 5.36. The fourth-order valence-corrected chi connectivity index (χ4v) is 2.15. The number of nitrogens with zero attached hydrogens (tertiary/aromatic N) is 2. The number of amides is 1. The number of hydrogen-bond donors (Lipinski definition) is 2. The maximum Gasteiger partial charge on any atom is 0.261 e. The maximum atomic E-state index is 12.8. The third-order valence-corrected chi connectivity index (χ3v) is 3.27. The number of aryl methyl sites for hydroxylation is 1. The normalized spacial score (nSPS) is 10.4. The molecule has 0 unspecified atom stereocenters. The number of rotatable bonds is 6. The zero-order valence-corrected chi connectivity index (χ0v) is 12.3. The number of methoxy groups -OCH3 is 1. The second-order valence-corrected chi connectivity index (χ2v) is 4.68. The molecule has 0 bridgehead atoms. The van der Waals surface area contributed by atoms with E-state index >= 15 is 0 Å². The summed E-state index contributed by atoms with van der Waals surface area (Å²) in [6, 6.07) is 7.45. The first-order chi connectivity index (χ1) is 10.2. The van der Waals surface area contributed by atoms with Crippen molar-refractivity contribution in [2.24, 2.45) is 5.73 Å². The molecule has 0 aliphatic carbocycles. The largest absolute Gasteiger partial charge is 0.495 e. The Labute approximate surface area is 123 Å². The van der Waals surface area contributed by atoms with Crippen LogP contribution in [0.3, 0.4) is 0 Å². The molecular weight excluding hydrogens is 268 g/mol. The van der Waals surface area contributed by atoms with Crippen LogP contribution in [-0.2, 0) is 0 Å². The predicted molar refractivity (Wildman–Crippen MR) is 81.7 cm³/mol. The Balaban J connectivity index is 2.38. The maximum absolute atomic E-state index is 12.8. The first kappa shape index (κ1) is 15.1. The summed E-state index contributed by atoms with van der Waals surface area (Å²) in [6.07, 6.45) is 2.25. The van der Waals surface area contributed by atoms with Crippen LogP contribution in [0.15, 0.2) is 30.5 Å². The van der Waals surface area contributed by atoms with Crippen LogP contribution in [-0.4, -0.2) is 36.3 Å². The van der Waals surface area contributed by atoms with Gasteiger partial charge in [-0.15, -0.1) is 0 Å². The van der Waals surface area contributed by atoms with Gasteiger partial charge in [-0.3, -0.25) is 9.89 Å². The molecule has 0 spiro atoms. The molecule has 112 valence electrons. The van der Waals surface area contributed by atoms with E-state index in [0.717, 1.165) is 11.4 Å². The van der Waals surface area contributed by atoms with Crippen molar-refractivity contribution < 1.29 is 9.53 Å². The Morgan fingerprint density at radius 1 is 1.43 bits per heavy atom. The van der Waals surface area contributed by atoms with Crippen molar-refractivity contribution in [3.05, 3.63) is 41.7 Å². The van der Waals surface area contributed by atoms with Gasteiger partial charge in [0.15, 0.2) is 0 Å². The SMILES string of the molecule is COc1ccccc1N(CCCN)C(=O)c1cn[nH]c1C. The lowest BCUT2D eigenvalue weighted by molar-refractivity contribution is 0.0985. The zero-order valence-electron chi connectivity index (χ0n) is 12.3. The van der Waals surface area contributed by atoms with Gasteiger partial charge in [-0.1, -0.05) is 12.1 Å². The Morgan fingerprint density at radius 3 is 2.81 bits per heavy atom. The van der Waals surface area contributed by atoms with Gasteiger partial charge in [0.1, 0.15) is 5.75 Å². The number of para-hydroxylation sites is 2. The second-order valence-electron chi connectivity index (χ2n) is 4.68. The molecule has 3 N–H and O–H groups in total. The topological polar surface area (TPSA) is 84.2 Å². The van der Waals surface area contributed by atoms with Gasteiger partial charge in [-0.05, 0) is 32.0 Å². The molecule has 1 heterocycles. The third kappa shape index (κ3) is 3.22. The first-order valence-electron chi connectivity index (χ1n) is 6.84. The molecule has 6 nitrogen and oxygen atoms in total. The molecule has 0 aliphatic rings. The van der Waals surface area contributed by atoms with Crippen molar-refractivity contribution in [1.29, 1.82) is 0 Å². The number of aromatic amines is 1. The molecule has 6 heteroatoms. The highest BCUT2D eigenvalue weighted by Gasteiger charge is 2.22. The molecule has 1 amide bonds. The molecule has 1 aromatic heterocycles. The van der Waals surface area contributed by atoms with Crippen LogP contribution in [0.2, 0.25) is 0 Å². The Bertz CT molecular complexity index is 609. The van der Waals surface area contributed by atoms with Crippen LogP contribution in [0.25, 0.3) is 0 Å². The fraction of sp³-hybridized carbons (Fsp3) is 0.333. The lowest BCUT2D eigenvalue weighted by Crippen LogP contribution is -2.33. The van der Waals surface area contributed by atoms with Crippen molar-refractivity contribution in [2.45, 2.75) is 13.3 Å². The quantitative estimate of drug-likeness (QED) is 0.847. The number of hydrogen-bond acceptors (Lipinski definition) is 4. The average molecular weight is 288 g/mol. The highest BCUT2D eigenvalue weighted by Crippen LogP contribution is 2.29. The summed E-state index contributed by atoms with van der Waals surface area (Å²) in [5.74, 6) is 0.545. The molecule has 2 rings (SSSR count). The molecule has 2 aromatic rings. The Kier molecular flexibility index (Phi) is 4.94. The highest BCUT2D eigenvalue weighted by atomic mass is 16.5. The number of nitrogens with two attached hydrogens (primary N) is 1. The molecule has 0 radical (unpaired) electrons. The lowest BCUT2D eigenvalue weighted by atomic mass is 10.2. The smallest absolute Gasteiger partial charge is 0.261 e. The molecule has 21 heavy (non-hydrogen) atoms. The van der Waals surface area contributed by atoms with Gasteiger partial charge in [-0.25, -0.2) is 0 Å². The standard InChI is InChI=1S/C15H20N4O2/c1-11-12(10-17-18-11)15(20)19(9-5-8-16)13-6-3-4-7-14(13)21-2/h3-4,6-7,10H,5,8-9,16H2,1-2H3,(H,17,18). The first-order valence-corrected chi connectivity index (χ1v) is 6.84. The van der Waals surface area contributed by atoms with E-state index in [0.29, 0.717) is 30.8 Å². The van der Waals surface area contributed by atoms with E-state index < -0.39 is 0 Å². The van der Waals surface area contributed by atoms with E-state index in [4.69, 9.17) is 10.5 Å². The van der Waals surface area contributed by atoms with Gasteiger partial charge >= 0.3 is 0 Å². The van der Waals surface area contributed by atoms with E-state index in [-0.39, 0.29) is 5.91 Å². The van der Waals surface area contributed by atoms with Gasteiger partial charge in [0.2, 0.25) is 0 Å². The molecule has 0 saturated carbocycles. The van der Waals surface area contributed by atoms with Gasteiger partial charge < -0.3 is 15.4 Å². The van der Waals surface area contributed by atoms with Crippen LogP contribution >= 0.6 is 0 Å². The fourth-order valence-electron chi connectivity index (χ4n) is 2.15. The van der Waals surface area contributed by atoms with Gasteiger partial charge in [0.05, 0.1) is 24.6 Å². The monoisotopic (exact) mass is 288 g/mol. The summed E-state index contributed by atoms with van der Waals surface area (Å²) in [7, 11) is 1.59. The highest BCUT2D eigenvalue weighted by molar-refractivity contribution is 6.07. The van der Waals surface area contributed by atoms with E-state index in [1.807, 2.05) is 31.2 Å². The van der Waals surface area contributed by atoms with Gasteiger partial charge in [0, 0.05) is 12.2 Å². The molecular formula is C15H20N4O2. The van der Waals surface area contributed by atoms with Crippen molar-refractivity contribution in [3.63, 3.8) is 0 Å².